The maximum atomic E-state index is 11.5. The lowest BCUT2D eigenvalue weighted by Crippen LogP contribution is -2.35. The fourth-order valence-electron chi connectivity index (χ4n) is 3.19. The molecule has 0 aromatic carbocycles. The normalized spacial score (nSPS) is 17.4. The van der Waals surface area contributed by atoms with Crippen LogP contribution in [0.3, 0.4) is 0 Å². The first kappa shape index (κ1) is 17.3. The Morgan fingerprint density at radius 3 is 3.00 bits per heavy atom. The molecule has 0 bridgehead atoms. The summed E-state index contributed by atoms with van der Waals surface area (Å²) in [6.45, 7) is 3.80. The summed E-state index contributed by atoms with van der Waals surface area (Å²) >= 11 is 0. The molecule has 3 rings (SSSR count). The summed E-state index contributed by atoms with van der Waals surface area (Å²) in [5, 5.41) is 2.65. The highest BCUT2D eigenvalue weighted by atomic mass is 16.1. The van der Waals surface area contributed by atoms with E-state index in [0.717, 1.165) is 49.0 Å². The van der Waals surface area contributed by atoms with Crippen LogP contribution < -0.4 is 10.2 Å². The Bertz CT molecular complexity index is 721. The number of amides is 1. The summed E-state index contributed by atoms with van der Waals surface area (Å²) in [4.78, 5) is 31.7. The van der Waals surface area contributed by atoms with Crippen LogP contribution in [0.5, 0.6) is 0 Å². The number of anilines is 1. The Balaban J connectivity index is 1.74. The average Bonchev–Trinajstić information content (AvgIpc) is 2.66. The van der Waals surface area contributed by atoms with Crippen LogP contribution >= 0.6 is 0 Å². The number of nitrogens with zero attached hydrogens (tertiary/aromatic N) is 5. The predicted molar refractivity (Wildman–Crippen MR) is 95.4 cm³/mol. The smallest absolute Gasteiger partial charge is 0.220 e. The zero-order valence-electron chi connectivity index (χ0n) is 14.8. The van der Waals surface area contributed by atoms with Crippen LogP contribution in [0.1, 0.15) is 42.4 Å². The topological polar surface area (TPSA) is 83.9 Å². The molecule has 2 aromatic rings. The first-order valence-corrected chi connectivity index (χ1v) is 8.71. The second-order valence-corrected chi connectivity index (χ2v) is 6.38. The van der Waals surface area contributed by atoms with Crippen molar-refractivity contribution >= 4 is 11.7 Å². The van der Waals surface area contributed by atoms with Crippen molar-refractivity contribution in [2.45, 2.75) is 38.5 Å². The van der Waals surface area contributed by atoms with E-state index in [-0.39, 0.29) is 11.8 Å². The minimum atomic E-state index is 0.0318. The molecule has 1 atom stereocenters. The number of hydrogen-bond donors (Lipinski definition) is 1. The lowest BCUT2D eigenvalue weighted by Gasteiger charge is -2.32. The van der Waals surface area contributed by atoms with E-state index in [1.807, 2.05) is 13.0 Å². The highest BCUT2D eigenvalue weighted by Gasteiger charge is 2.25. The highest BCUT2D eigenvalue weighted by Crippen LogP contribution is 2.27. The maximum Gasteiger partial charge on any atom is 0.220 e. The molecule has 0 saturated carbocycles. The van der Waals surface area contributed by atoms with Gasteiger partial charge in [0, 0.05) is 56.3 Å². The predicted octanol–water partition coefficient (Wildman–Crippen LogP) is 1.64. The largest absolute Gasteiger partial charge is 0.359 e. The fourth-order valence-corrected chi connectivity index (χ4v) is 3.19. The zero-order chi connectivity index (χ0) is 17.6. The molecule has 1 unspecified atom stereocenters. The van der Waals surface area contributed by atoms with Gasteiger partial charge in [-0.15, -0.1) is 0 Å². The van der Waals surface area contributed by atoms with Gasteiger partial charge in [-0.2, -0.15) is 0 Å². The number of nitrogens with one attached hydrogen (secondary N) is 1. The van der Waals surface area contributed by atoms with E-state index in [1.54, 1.807) is 25.6 Å². The van der Waals surface area contributed by atoms with Crippen molar-refractivity contribution in [1.29, 1.82) is 0 Å². The van der Waals surface area contributed by atoms with Crippen LogP contribution in [0.4, 0.5) is 5.82 Å². The van der Waals surface area contributed by atoms with E-state index < -0.39 is 0 Å². The van der Waals surface area contributed by atoms with Gasteiger partial charge < -0.3 is 10.2 Å². The molecule has 7 nitrogen and oxygen atoms in total. The van der Waals surface area contributed by atoms with Crippen molar-refractivity contribution in [3.05, 3.63) is 41.9 Å². The number of rotatable bonds is 5. The van der Waals surface area contributed by atoms with Gasteiger partial charge in [-0.3, -0.25) is 9.78 Å². The molecule has 1 fully saturated rings. The number of carbonyl (C=O) groups excluding carboxylic acids is 1. The monoisotopic (exact) mass is 340 g/mol. The highest BCUT2D eigenvalue weighted by molar-refractivity contribution is 5.75. The Hall–Kier alpha value is -2.57. The molecule has 1 N–H and O–H groups in total. The van der Waals surface area contributed by atoms with Crippen molar-refractivity contribution in [2.24, 2.45) is 0 Å². The van der Waals surface area contributed by atoms with Crippen molar-refractivity contribution in [3.8, 4) is 0 Å². The third-order valence-electron chi connectivity index (χ3n) is 4.47. The summed E-state index contributed by atoms with van der Waals surface area (Å²) in [7, 11) is 1.65. The van der Waals surface area contributed by atoms with Crippen LogP contribution in [0.25, 0.3) is 0 Å². The molecule has 1 aliphatic heterocycles. The third-order valence-corrected chi connectivity index (χ3v) is 4.47. The number of aryl methyl sites for hydroxylation is 2. The third kappa shape index (κ3) is 4.49. The standard InChI is InChI=1S/C18H24N6O/c1-13-10-15(5-6-17(25)19-2)23-18(22-13)14-4-3-9-24(12-14)16-11-20-7-8-21-16/h7-8,10-11,14H,3-6,9,12H2,1-2H3,(H,19,25). The van der Waals surface area contributed by atoms with Gasteiger partial charge in [-0.05, 0) is 32.3 Å². The van der Waals surface area contributed by atoms with Crippen molar-refractivity contribution in [2.75, 3.05) is 25.0 Å². The van der Waals surface area contributed by atoms with Crippen LogP contribution in [-0.2, 0) is 11.2 Å². The number of carbonyl (C=O) groups is 1. The van der Waals surface area contributed by atoms with Gasteiger partial charge in [-0.25, -0.2) is 15.0 Å². The first-order valence-electron chi connectivity index (χ1n) is 8.71. The summed E-state index contributed by atoms with van der Waals surface area (Å²) in [6, 6.07) is 1.97. The zero-order valence-corrected chi connectivity index (χ0v) is 14.8. The molecule has 1 saturated heterocycles. The van der Waals surface area contributed by atoms with Gasteiger partial charge in [0.1, 0.15) is 11.6 Å². The fraction of sp³-hybridized carbons (Fsp3) is 0.500. The Labute approximate surface area is 147 Å². The maximum absolute atomic E-state index is 11.5. The Kier molecular flexibility index (Phi) is 5.53. The minimum absolute atomic E-state index is 0.0318. The summed E-state index contributed by atoms with van der Waals surface area (Å²) < 4.78 is 0. The van der Waals surface area contributed by atoms with Gasteiger partial charge in [0.25, 0.3) is 0 Å². The lowest BCUT2D eigenvalue weighted by molar-refractivity contribution is -0.120. The van der Waals surface area contributed by atoms with E-state index in [0.29, 0.717) is 12.8 Å². The molecule has 1 amide bonds. The summed E-state index contributed by atoms with van der Waals surface area (Å²) in [5.74, 6) is 2.08. The Morgan fingerprint density at radius 2 is 2.24 bits per heavy atom. The van der Waals surface area contributed by atoms with Gasteiger partial charge >= 0.3 is 0 Å². The summed E-state index contributed by atoms with van der Waals surface area (Å²) in [6.07, 6.45) is 8.43. The van der Waals surface area contributed by atoms with E-state index in [2.05, 4.69) is 25.2 Å². The number of piperidine rings is 1. The molecule has 1 aliphatic rings. The van der Waals surface area contributed by atoms with Gasteiger partial charge in [0.2, 0.25) is 5.91 Å². The van der Waals surface area contributed by atoms with Crippen LogP contribution in [-0.4, -0.2) is 46.0 Å². The average molecular weight is 340 g/mol. The van der Waals surface area contributed by atoms with Gasteiger partial charge in [-0.1, -0.05) is 0 Å². The van der Waals surface area contributed by atoms with Gasteiger partial charge in [0.05, 0.1) is 6.20 Å². The molecular formula is C18H24N6O. The van der Waals surface area contributed by atoms with E-state index in [1.165, 1.54) is 0 Å². The molecule has 0 aliphatic carbocycles. The van der Waals surface area contributed by atoms with Crippen LogP contribution in [0.15, 0.2) is 24.7 Å². The second-order valence-electron chi connectivity index (χ2n) is 6.38. The minimum Gasteiger partial charge on any atom is -0.359 e. The van der Waals surface area contributed by atoms with Crippen LogP contribution in [0.2, 0.25) is 0 Å². The summed E-state index contributed by atoms with van der Waals surface area (Å²) in [5.41, 5.74) is 1.89. The number of aromatic nitrogens is 4. The molecule has 0 spiro atoms. The molecule has 25 heavy (non-hydrogen) atoms. The number of hydrogen-bond acceptors (Lipinski definition) is 6. The molecule has 2 aromatic heterocycles. The van der Waals surface area contributed by atoms with E-state index in [4.69, 9.17) is 4.98 Å². The van der Waals surface area contributed by atoms with E-state index in [9.17, 15) is 4.79 Å². The molecule has 7 heteroatoms. The van der Waals surface area contributed by atoms with E-state index >= 15 is 0 Å². The SMILES string of the molecule is CNC(=O)CCc1cc(C)nc(C2CCCN(c3cnccn3)C2)n1. The molecular weight excluding hydrogens is 316 g/mol. The van der Waals surface area contributed by atoms with Crippen molar-refractivity contribution in [1.82, 2.24) is 25.3 Å². The quantitative estimate of drug-likeness (QED) is 0.891. The molecule has 0 radical (unpaired) electrons. The second kappa shape index (κ2) is 8.00. The van der Waals surface area contributed by atoms with Crippen molar-refractivity contribution in [3.63, 3.8) is 0 Å². The Morgan fingerprint density at radius 1 is 1.36 bits per heavy atom. The lowest BCUT2D eigenvalue weighted by atomic mass is 9.97. The first-order chi connectivity index (χ1) is 12.2. The van der Waals surface area contributed by atoms with Gasteiger partial charge in [0.15, 0.2) is 0 Å². The van der Waals surface area contributed by atoms with Crippen LogP contribution in [0, 0.1) is 6.92 Å². The molecule has 3 heterocycles. The molecule has 132 valence electrons. The van der Waals surface area contributed by atoms with Crippen molar-refractivity contribution < 1.29 is 4.79 Å².